The lowest BCUT2D eigenvalue weighted by molar-refractivity contribution is 0.0868. The number of carbonyl (C=O) groups is 1. The molecular weight excluding hydrogens is 254 g/mol. The maximum Gasteiger partial charge on any atom is 0.255 e. The number of pyridine rings is 1. The van der Waals surface area contributed by atoms with E-state index in [1.54, 1.807) is 6.20 Å². The van der Waals surface area contributed by atoms with Crippen molar-refractivity contribution in [2.24, 2.45) is 0 Å². The van der Waals surface area contributed by atoms with Crippen molar-refractivity contribution in [1.29, 1.82) is 0 Å². The molecule has 0 spiro atoms. The molecule has 3 N–H and O–H groups in total. The highest BCUT2D eigenvalue weighted by Crippen LogP contribution is 2.20. The number of rotatable bonds is 4. The van der Waals surface area contributed by atoms with Crippen molar-refractivity contribution < 1.29 is 9.90 Å². The molecular formula is C15H23N3O2. The van der Waals surface area contributed by atoms with Crippen LogP contribution in [0.2, 0.25) is 0 Å². The molecule has 1 amide bonds. The minimum atomic E-state index is -0.207. The topological polar surface area (TPSA) is 74.2 Å². The minimum absolute atomic E-state index is 0.0881. The SMILES string of the molecule is CCNc1cc(C)ncc1C(=O)NC1CCC(O)CC1. The van der Waals surface area contributed by atoms with Crippen LogP contribution >= 0.6 is 0 Å². The number of aromatic nitrogens is 1. The molecule has 0 bridgehead atoms. The van der Waals surface area contributed by atoms with E-state index in [2.05, 4.69) is 15.6 Å². The van der Waals surface area contributed by atoms with Crippen molar-refractivity contribution in [3.63, 3.8) is 0 Å². The zero-order chi connectivity index (χ0) is 14.5. The molecule has 1 saturated carbocycles. The molecule has 0 atom stereocenters. The first kappa shape index (κ1) is 14.8. The Hall–Kier alpha value is -1.62. The molecule has 1 aromatic rings. The summed E-state index contributed by atoms with van der Waals surface area (Å²) in [5.74, 6) is -0.0881. The fourth-order valence-corrected chi connectivity index (χ4v) is 2.56. The Labute approximate surface area is 119 Å². The van der Waals surface area contributed by atoms with Crippen LogP contribution in [-0.4, -0.2) is 34.7 Å². The van der Waals surface area contributed by atoms with E-state index in [-0.39, 0.29) is 18.1 Å². The summed E-state index contributed by atoms with van der Waals surface area (Å²) in [7, 11) is 0. The summed E-state index contributed by atoms with van der Waals surface area (Å²) < 4.78 is 0. The van der Waals surface area contributed by atoms with Crippen LogP contribution in [0.5, 0.6) is 0 Å². The fraction of sp³-hybridized carbons (Fsp3) is 0.600. The summed E-state index contributed by atoms with van der Waals surface area (Å²) in [4.78, 5) is 16.6. The molecule has 2 rings (SSSR count). The number of anilines is 1. The lowest BCUT2D eigenvalue weighted by Gasteiger charge is -2.26. The Morgan fingerprint density at radius 1 is 1.40 bits per heavy atom. The van der Waals surface area contributed by atoms with Gasteiger partial charge in [-0.05, 0) is 45.6 Å². The average molecular weight is 277 g/mol. The fourth-order valence-electron chi connectivity index (χ4n) is 2.56. The summed E-state index contributed by atoms with van der Waals surface area (Å²) in [5, 5.41) is 15.7. The summed E-state index contributed by atoms with van der Waals surface area (Å²) in [5.41, 5.74) is 2.30. The van der Waals surface area contributed by atoms with Crippen molar-refractivity contribution in [2.75, 3.05) is 11.9 Å². The Kier molecular flexibility index (Phi) is 4.95. The van der Waals surface area contributed by atoms with E-state index in [1.807, 2.05) is 19.9 Å². The summed E-state index contributed by atoms with van der Waals surface area (Å²) >= 11 is 0. The number of hydrogen-bond donors (Lipinski definition) is 3. The normalized spacial score (nSPS) is 22.4. The molecule has 20 heavy (non-hydrogen) atoms. The highest BCUT2D eigenvalue weighted by molar-refractivity contribution is 5.99. The van der Waals surface area contributed by atoms with Crippen LogP contribution in [0.25, 0.3) is 0 Å². The van der Waals surface area contributed by atoms with Gasteiger partial charge in [0.1, 0.15) is 0 Å². The van der Waals surface area contributed by atoms with Gasteiger partial charge >= 0.3 is 0 Å². The predicted molar refractivity (Wildman–Crippen MR) is 78.9 cm³/mol. The third kappa shape index (κ3) is 3.70. The van der Waals surface area contributed by atoms with Crippen LogP contribution in [0.3, 0.4) is 0 Å². The van der Waals surface area contributed by atoms with Crippen LogP contribution in [0.1, 0.15) is 48.7 Å². The van der Waals surface area contributed by atoms with Gasteiger partial charge in [-0.3, -0.25) is 9.78 Å². The van der Waals surface area contributed by atoms with Crippen molar-refractivity contribution >= 4 is 11.6 Å². The van der Waals surface area contributed by atoms with Gasteiger partial charge in [0.05, 0.1) is 17.4 Å². The Morgan fingerprint density at radius 2 is 2.10 bits per heavy atom. The minimum Gasteiger partial charge on any atom is -0.393 e. The van der Waals surface area contributed by atoms with Gasteiger partial charge in [0.2, 0.25) is 0 Å². The molecule has 0 saturated heterocycles. The zero-order valence-corrected chi connectivity index (χ0v) is 12.1. The molecule has 0 radical (unpaired) electrons. The lowest BCUT2D eigenvalue weighted by atomic mass is 9.93. The second-order valence-electron chi connectivity index (χ2n) is 5.38. The van der Waals surface area contributed by atoms with Crippen molar-refractivity contribution in [2.45, 2.75) is 51.7 Å². The van der Waals surface area contributed by atoms with Crippen LogP contribution in [0.4, 0.5) is 5.69 Å². The first-order chi connectivity index (χ1) is 9.60. The van der Waals surface area contributed by atoms with E-state index in [0.29, 0.717) is 5.56 Å². The average Bonchev–Trinajstić information content (AvgIpc) is 2.42. The lowest BCUT2D eigenvalue weighted by Crippen LogP contribution is -2.38. The number of carbonyl (C=O) groups excluding carboxylic acids is 1. The van der Waals surface area contributed by atoms with Crippen LogP contribution in [0.15, 0.2) is 12.3 Å². The molecule has 110 valence electrons. The number of aliphatic hydroxyl groups is 1. The molecule has 0 unspecified atom stereocenters. The van der Waals surface area contributed by atoms with Gasteiger partial charge in [-0.1, -0.05) is 0 Å². The van der Waals surface area contributed by atoms with Crippen LogP contribution < -0.4 is 10.6 Å². The Bertz CT molecular complexity index is 468. The second kappa shape index (κ2) is 6.70. The van der Waals surface area contributed by atoms with E-state index in [4.69, 9.17) is 0 Å². The number of amides is 1. The Morgan fingerprint density at radius 3 is 2.75 bits per heavy atom. The molecule has 0 aliphatic heterocycles. The molecule has 1 heterocycles. The standard InChI is InChI=1S/C15H23N3O2/c1-3-16-14-8-10(2)17-9-13(14)15(20)18-11-4-6-12(19)7-5-11/h8-9,11-12,19H,3-7H2,1-2H3,(H,16,17)(H,18,20). The van der Waals surface area contributed by atoms with Gasteiger partial charge in [0.25, 0.3) is 5.91 Å². The summed E-state index contributed by atoms with van der Waals surface area (Å²) in [6.45, 7) is 4.67. The van der Waals surface area contributed by atoms with Gasteiger partial charge in [-0.2, -0.15) is 0 Å². The van der Waals surface area contributed by atoms with Gasteiger partial charge in [0, 0.05) is 24.5 Å². The van der Waals surface area contributed by atoms with Crippen molar-refractivity contribution in [1.82, 2.24) is 10.3 Å². The maximum absolute atomic E-state index is 12.3. The first-order valence-electron chi connectivity index (χ1n) is 7.29. The molecule has 1 aromatic heterocycles. The monoisotopic (exact) mass is 277 g/mol. The van der Waals surface area contributed by atoms with Crippen LogP contribution in [0, 0.1) is 6.92 Å². The number of hydrogen-bond acceptors (Lipinski definition) is 4. The predicted octanol–water partition coefficient (Wildman–Crippen LogP) is 1.86. The second-order valence-corrected chi connectivity index (χ2v) is 5.38. The third-order valence-corrected chi connectivity index (χ3v) is 3.68. The van der Waals surface area contributed by atoms with Gasteiger partial charge < -0.3 is 15.7 Å². The van der Waals surface area contributed by atoms with E-state index < -0.39 is 0 Å². The van der Waals surface area contributed by atoms with Gasteiger partial charge in [-0.25, -0.2) is 0 Å². The van der Waals surface area contributed by atoms with E-state index in [9.17, 15) is 9.90 Å². The summed E-state index contributed by atoms with van der Waals surface area (Å²) in [6, 6.07) is 2.05. The molecule has 5 nitrogen and oxygen atoms in total. The number of aryl methyl sites for hydroxylation is 1. The van der Waals surface area contributed by atoms with Crippen molar-refractivity contribution in [3.8, 4) is 0 Å². The number of nitrogens with one attached hydrogen (secondary N) is 2. The van der Waals surface area contributed by atoms with E-state index in [1.165, 1.54) is 0 Å². The molecule has 0 aromatic carbocycles. The molecule has 5 heteroatoms. The maximum atomic E-state index is 12.3. The third-order valence-electron chi connectivity index (χ3n) is 3.68. The van der Waals surface area contributed by atoms with Crippen LogP contribution in [-0.2, 0) is 0 Å². The first-order valence-corrected chi connectivity index (χ1v) is 7.29. The molecule has 1 aliphatic carbocycles. The van der Waals surface area contributed by atoms with Gasteiger partial charge in [0.15, 0.2) is 0 Å². The molecule has 1 aliphatic rings. The van der Waals surface area contributed by atoms with E-state index in [0.717, 1.165) is 43.6 Å². The number of aliphatic hydroxyl groups excluding tert-OH is 1. The van der Waals surface area contributed by atoms with Crippen molar-refractivity contribution in [3.05, 3.63) is 23.5 Å². The highest BCUT2D eigenvalue weighted by Gasteiger charge is 2.22. The highest BCUT2D eigenvalue weighted by atomic mass is 16.3. The largest absolute Gasteiger partial charge is 0.393 e. The molecule has 1 fully saturated rings. The summed E-state index contributed by atoms with van der Waals surface area (Å²) in [6.07, 6.45) is 4.61. The van der Waals surface area contributed by atoms with E-state index >= 15 is 0 Å². The smallest absolute Gasteiger partial charge is 0.255 e. The quantitative estimate of drug-likeness (QED) is 0.785. The zero-order valence-electron chi connectivity index (χ0n) is 12.1. The number of nitrogens with zero attached hydrogens (tertiary/aromatic N) is 1. The van der Waals surface area contributed by atoms with Gasteiger partial charge in [-0.15, -0.1) is 0 Å². The Balaban J connectivity index is 2.05.